The van der Waals surface area contributed by atoms with Gasteiger partial charge in [-0.25, -0.2) is 4.39 Å². The maximum atomic E-state index is 14.3. The first kappa shape index (κ1) is 19.2. The van der Waals surface area contributed by atoms with Crippen LogP contribution in [0.15, 0.2) is 83.4 Å². The molecule has 2 nitrogen and oxygen atoms in total. The molecule has 0 spiro atoms. The van der Waals surface area contributed by atoms with Crippen LogP contribution in [0.1, 0.15) is 31.2 Å². The molecule has 5 aromatic rings. The summed E-state index contributed by atoms with van der Waals surface area (Å²) in [4.78, 5) is 4.67. The molecule has 3 heteroatoms. The third-order valence-corrected chi connectivity index (χ3v) is 6.78. The van der Waals surface area contributed by atoms with Gasteiger partial charge in [0.2, 0.25) is 0 Å². The van der Waals surface area contributed by atoms with Gasteiger partial charge in [-0.05, 0) is 59.9 Å². The minimum atomic E-state index is -0.230. The number of rotatable bonds is 4. The molecule has 2 aromatic heterocycles. The number of benzene rings is 3. The molecule has 3 aromatic carbocycles. The van der Waals surface area contributed by atoms with E-state index >= 15 is 0 Å². The molecule has 1 aliphatic carbocycles. The Hall–Kier alpha value is -3.46. The van der Waals surface area contributed by atoms with E-state index in [4.69, 9.17) is 4.42 Å². The fourth-order valence-corrected chi connectivity index (χ4v) is 5.16. The van der Waals surface area contributed by atoms with Crippen LogP contribution < -0.4 is 0 Å². The molecule has 0 bridgehead atoms. The molecule has 2 heterocycles. The summed E-state index contributed by atoms with van der Waals surface area (Å²) in [5, 5.41) is 2.09. The topological polar surface area (TPSA) is 26.0 Å². The molecule has 1 aliphatic rings. The number of aromatic nitrogens is 1. The number of fused-ring (bicyclic) bond motifs is 3. The minimum Gasteiger partial charge on any atom is -0.455 e. The van der Waals surface area contributed by atoms with Crippen LogP contribution in [0.4, 0.5) is 4.39 Å². The van der Waals surface area contributed by atoms with E-state index in [1.54, 1.807) is 12.1 Å². The highest BCUT2D eigenvalue weighted by Crippen LogP contribution is 2.37. The molecule has 1 saturated carbocycles. The number of hydrogen-bond acceptors (Lipinski definition) is 2. The lowest BCUT2D eigenvalue weighted by atomic mass is 9.97. The Balaban J connectivity index is 1.44. The van der Waals surface area contributed by atoms with Crippen molar-refractivity contribution in [3.63, 3.8) is 0 Å². The number of para-hydroxylation sites is 1. The van der Waals surface area contributed by atoms with Gasteiger partial charge in [-0.2, -0.15) is 0 Å². The van der Waals surface area contributed by atoms with Crippen LogP contribution in [0.25, 0.3) is 44.3 Å². The molecular formula is C29H24FNO. The van der Waals surface area contributed by atoms with E-state index in [1.165, 1.54) is 37.3 Å². The van der Waals surface area contributed by atoms with Gasteiger partial charge < -0.3 is 4.42 Å². The predicted octanol–water partition coefficient (Wildman–Crippen LogP) is 8.19. The summed E-state index contributed by atoms with van der Waals surface area (Å²) >= 11 is 0. The summed E-state index contributed by atoms with van der Waals surface area (Å²) < 4.78 is 20.7. The Morgan fingerprint density at radius 3 is 2.56 bits per heavy atom. The number of hydrogen-bond donors (Lipinski definition) is 0. The van der Waals surface area contributed by atoms with E-state index in [9.17, 15) is 4.39 Å². The Bertz CT molecular complexity index is 1430. The smallest absolute Gasteiger partial charge is 0.144 e. The van der Waals surface area contributed by atoms with Gasteiger partial charge in [-0.3, -0.25) is 4.98 Å². The molecule has 0 radical (unpaired) electrons. The SMILES string of the molecule is Fc1ccccc1-c1ccc2c(c1)oc1c(-c3cc(CC4CCCC4)ccn3)cccc12. The van der Waals surface area contributed by atoms with Gasteiger partial charge in [-0.1, -0.05) is 62.1 Å². The molecular weight excluding hydrogens is 397 g/mol. The minimum absolute atomic E-state index is 0.230. The first-order valence-electron chi connectivity index (χ1n) is 11.4. The average Bonchev–Trinajstić information content (AvgIpc) is 3.46. The third-order valence-electron chi connectivity index (χ3n) is 6.78. The van der Waals surface area contributed by atoms with Crippen molar-refractivity contribution >= 4 is 21.9 Å². The van der Waals surface area contributed by atoms with Gasteiger partial charge >= 0.3 is 0 Å². The molecule has 0 N–H and O–H groups in total. The monoisotopic (exact) mass is 421 g/mol. The summed E-state index contributed by atoms with van der Waals surface area (Å²) in [5.41, 5.74) is 6.27. The fraction of sp³-hybridized carbons (Fsp3) is 0.207. The lowest BCUT2D eigenvalue weighted by Crippen LogP contribution is -1.99. The second-order valence-electron chi connectivity index (χ2n) is 8.88. The van der Waals surface area contributed by atoms with Crippen LogP contribution in [0.2, 0.25) is 0 Å². The van der Waals surface area contributed by atoms with Gasteiger partial charge in [0.25, 0.3) is 0 Å². The van der Waals surface area contributed by atoms with Crippen molar-refractivity contribution in [3.05, 3.63) is 90.4 Å². The van der Waals surface area contributed by atoms with Gasteiger partial charge in [0, 0.05) is 28.1 Å². The van der Waals surface area contributed by atoms with Crippen molar-refractivity contribution in [1.29, 1.82) is 0 Å². The molecule has 0 saturated heterocycles. The summed E-state index contributed by atoms with van der Waals surface area (Å²) in [5.74, 6) is 0.566. The van der Waals surface area contributed by atoms with Crippen molar-refractivity contribution in [1.82, 2.24) is 4.98 Å². The van der Waals surface area contributed by atoms with E-state index < -0.39 is 0 Å². The molecule has 0 amide bonds. The predicted molar refractivity (Wildman–Crippen MR) is 128 cm³/mol. The number of furan rings is 1. The zero-order valence-corrected chi connectivity index (χ0v) is 17.9. The Kier molecular flexibility index (Phi) is 4.75. The molecule has 0 aliphatic heterocycles. The second-order valence-corrected chi connectivity index (χ2v) is 8.88. The molecule has 0 atom stereocenters. The standard InChI is InChI=1S/C29H24FNO/c30-26-11-4-3-8-22(26)21-12-13-23-24-9-5-10-25(29(24)32-28(23)18-21)27-17-20(14-15-31-27)16-19-6-1-2-7-19/h3-5,8-15,17-19H,1-2,6-7,16H2. The number of halogens is 1. The van der Waals surface area contributed by atoms with Crippen LogP contribution in [0.3, 0.4) is 0 Å². The summed E-state index contributed by atoms with van der Waals surface area (Å²) in [6.07, 6.45) is 8.42. The van der Waals surface area contributed by atoms with E-state index in [1.807, 2.05) is 30.5 Å². The van der Waals surface area contributed by atoms with Crippen LogP contribution >= 0.6 is 0 Å². The van der Waals surface area contributed by atoms with Crippen LogP contribution in [-0.4, -0.2) is 4.98 Å². The highest BCUT2D eigenvalue weighted by atomic mass is 19.1. The van der Waals surface area contributed by atoms with Gasteiger partial charge in [0.1, 0.15) is 17.0 Å². The molecule has 0 unspecified atom stereocenters. The zero-order chi connectivity index (χ0) is 21.5. The highest BCUT2D eigenvalue weighted by molar-refractivity contribution is 6.10. The lowest BCUT2D eigenvalue weighted by Gasteiger charge is -2.10. The zero-order valence-electron chi connectivity index (χ0n) is 17.9. The van der Waals surface area contributed by atoms with E-state index in [2.05, 4.69) is 35.3 Å². The Morgan fingerprint density at radius 2 is 1.69 bits per heavy atom. The summed E-state index contributed by atoms with van der Waals surface area (Å²) in [7, 11) is 0. The van der Waals surface area contributed by atoms with Crippen molar-refractivity contribution in [2.24, 2.45) is 5.92 Å². The summed E-state index contributed by atoms with van der Waals surface area (Å²) in [6.45, 7) is 0. The fourth-order valence-electron chi connectivity index (χ4n) is 5.16. The molecule has 32 heavy (non-hydrogen) atoms. The Labute approximate surface area is 186 Å². The summed E-state index contributed by atoms with van der Waals surface area (Å²) in [6, 6.07) is 23.3. The quantitative estimate of drug-likeness (QED) is 0.292. The molecule has 158 valence electrons. The van der Waals surface area contributed by atoms with Crippen molar-refractivity contribution in [2.75, 3.05) is 0 Å². The maximum absolute atomic E-state index is 14.3. The molecule has 1 fully saturated rings. The number of pyridine rings is 1. The van der Waals surface area contributed by atoms with Crippen molar-refractivity contribution in [3.8, 4) is 22.4 Å². The first-order valence-corrected chi connectivity index (χ1v) is 11.4. The normalized spacial score (nSPS) is 14.5. The van der Waals surface area contributed by atoms with Gasteiger partial charge in [0.05, 0.1) is 5.69 Å². The van der Waals surface area contributed by atoms with Gasteiger partial charge in [-0.15, -0.1) is 0 Å². The highest BCUT2D eigenvalue weighted by Gasteiger charge is 2.17. The third kappa shape index (κ3) is 3.38. The number of nitrogens with zero attached hydrogens (tertiary/aromatic N) is 1. The van der Waals surface area contributed by atoms with Crippen molar-refractivity contribution < 1.29 is 8.81 Å². The maximum Gasteiger partial charge on any atom is 0.144 e. The average molecular weight is 422 g/mol. The van der Waals surface area contributed by atoms with Crippen LogP contribution in [0, 0.1) is 11.7 Å². The second kappa shape index (κ2) is 7.90. The van der Waals surface area contributed by atoms with Crippen LogP contribution in [-0.2, 0) is 6.42 Å². The Morgan fingerprint density at radius 1 is 0.844 bits per heavy atom. The first-order chi connectivity index (χ1) is 15.8. The van der Waals surface area contributed by atoms with Crippen molar-refractivity contribution in [2.45, 2.75) is 32.1 Å². The van der Waals surface area contributed by atoms with Crippen LogP contribution in [0.5, 0.6) is 0 Å². The lowest BCUT2D eigenvalue weighted by molar-refractivity contribution is 0.546. The largest absolute Gasteiger partial charge is 0.455 e. The van der Waals surface area contributed by atoms with E-state index in [-0.39, 0.29) is 5.82 Å². The van der Waals surface area contributed by atoms with Gasteiger partial charge in [0.15, 0.2) is 0 Å². The van der Waals surface area contributed by atoms with E-state index in [0.717, 1.165) is 51.1 Å². The molecule has 6 rings (SSSR count). The van der Waals surface area contributed by atoms with E-state index in [0.29, 0.717) is 5.56 Å².